The Hall–Kier alpha value is -1.83. The van der Waals surface area contributed by atoms with Crippen molar-refractivity contribution in [2.75, 3.05) is 106 Å². The van der Waals surface area contributed by atoms with Gasteiger partial charge in [-0.05, 0) is 5.56 Å². The third-order valence-corrected chi connectivity index (χ3v) is 4.22. The summed E-state index contributed by atoms with van der Waals surface area (Å²) in [6.45, 7) is 8.12. The van der Waals surface area contributed by atoms with E-state index in [0.717, 1.165) is 5.56 Å². The molecular weight excluding hydrogens is 460 g/mol. The van der Waals surface area contributed by atoms with Crippen molar-refractivity contribution >= 4 is 6.09 Å². The Bertz CT molecular complexity index is 581. The molecule has 0 saturated carbocycles. The summed E-state index contributed by atoms with van der Waals surface area (Å²) >= 11 is 0. The van der Waals surface area contributed by atoms with Gasteiger partial charge in [0, 0.05) is 13.1 Å². The fourth-order valence-electron chi connectivity index (χ4n) is 2.50. The fourth-order valence-corrected chi connectivity index (χ4v) is 2.50. The number of ether oxygens (including phenoxy) is 8. The molecule has 0 aliphatic rings. The molecule has 11 heteroatoms. The largest absolute Gasteiger partial charge is 0.445 e. The number of amides is 1. The average molecular weight is 503 g/mol. The van der Waals surface area contributed by atoms with E-state index in [1.165, 1.54) is 0 Å². The van der Waals surface area contributed by atoms with Crippen LogP contribution >= 0.6 is 0 Å². The normalized spacial score (nSPS) is 11.0. The van der Waals surface area contributed by atoms with Gasteiger partial charge < -0.3 is 48.9 Å². The van der Waals surface area contributed by atoms with E-state index in [1.54, 1.807) is 0 Å². The molecule has 0 spiro atoms. The quantitative estimate of drug-likeness (QED) is 0.187. The third kappa shape index (κ3) is 22.4. The Morgan fingerprint density at radius 2 is 1.00 bits per heavy atom. The van der Waals surface area contributed by atoms with Gasteiger partial charge in [-0.15, -0.1) is 0 Å². The van der Waals surface area contributed by atoms with Crippen LogP contribution in [0, 0.1) is 0 Å². The molecule has 0 unspecified atom stereocenters. The summed E-state index contributed by atoms with van der Waals surface area (Å²) in [5.41, 5.74) is 6.26. The topological polar surface area (TPSA) is 129 Å². The molecule has 1 aromatic rings. The molecule has 35 heavy (non-hydrogen) atoms. The Kier molecular flexibility index (Phi) is 22.5. The molecule has 0 aliphatic carbocycles. The standard InChI is InChI=1S/C24H42N2O9/c25-6-8-28-10-12-30-14-16-32-18-20-34-21-19-33-17-15-31-13-11-29-9-7-26-24(27)35-22-23-4-2-1-3-5-23/h1-5H,6-22,25H2,(H,26,27). The molecule has 1 aromatic carbocycles. The van der Waals surface area contributed by atoms with Gasteiger partial charge in [0.1, 0.15) is 6.61 Å². The zero-order chi connectivity index (χ0) is 25.1. The van der Waals surface area contributed by atoms with Crippen LogP contribution in [0.5, 0.6) is 0 Å². The smallest absolute Gasteiger partial charge is 0.407 e. The lowest BCUT2D eigenvalue weighted by Gasteiger charge is -2.09. The second kappa shape index (κ2) is 25.3. The highest BCUT2D eigenvalue weighted by Gasteiger charge is 2.01. The molecule has 0 bridgehead atoms. The number of benzene rings is 1. The predicted octanol–water partition coefficient (Wildman–Crippen LogP) is 0.988. The maximum atomic E-state index is 11.6. The first-order valence-electron chi connectivity index (χ1n) is 12.0. The predicted molar refractivity (Wildman–Crippen MR) is 129 cm³/mol. The van der Waals surface area contributed by atoms with Crippen LogP contribution in [0.1, 0.15) is 5.56 Å². The number of alkyl carbamates (subject to hydrolysis) is 1. The maximum Gasteiger partial charge on any atom is 0.407 e. The van der Waals surface area contributed by atoms with E-state index >= 15 is 0 Å². The molecule has 1 rings (SSSR count). The van der Waals surface area contributed by atoms with E-state index in [9.17, 15) is 4.79 Å². The summed E-state index contributed by atoms with van der Waals surface area (Å²) in [5, 5.41) is 2.64. The van der Waals surface area contributed by atoms with Crippen LogP contribution in [0.25, 0.3) is 0 Å². The number of carbonyl (C=O) groups is 1. The molecular formula is C24H42N2O9. The van der Waals surface area contributed by atoms with Crippen LogP contribution in [-0.2, 0) is 44.5 Å². The molecule has 0 saturated heterocycles. The van der Waals surface area contributed by atoms with Crippen LogP contribution in [0.15, 0.2) is 30.3 Å². The second-order valence-corrected chi connectivity index (χ2v) is 7.06. The van der Waals surface area contributed by atoms with Gasteiger partial charge in [0.15, 0.2) is 0 Å². The van der Waals surface area contributed by atoms with Gasteiger partial charge in [-0.25, -0.2) is 4.79 Å². The highest BCUT2D eigenvalue weighted by molar-refractivity contribution is 5.67. The van der Waals surface area contributed by atoms with Gasteiger partial charge >= 0.3 is 6.09 Å². The summed E-state index contributed by atoms with van der Waals surface area (Å²) in [7, 11) is 0. The van der Waals surface area contributed by atoms with Crippen LogP contribution < -0.4 is 11.1 Å². The van der Waals surface area contributed by atoms with E-state index in [1.807, 2.05) is 30.3 Å². The minimum Gasteiger partial charge on any atom is -0.445 e. The first-order valence-corrected chi connectivity index (χ1v) is 12.0. The molecule has 202 valence electrons. The Labute approximate surface area is 208 Å². The van der Waals surface area contributed by atoms with Crippen molar-refractivity contribution in [1.29, 1.82) is 0 Å². The molecule has 0 heterocycles. The number of hydrogen-bond donors (Lipinski definition) is 2. The van der Waals surface area contributed by atoms with Crippen molar-refractivity contribution < 1.29 is 42.7 Å². The van der Waals surface area contributed by atoms with Crippen LogP contribution in [0.2, 0.25) is 0 Å². The number of hydrogen-bond acceptors (Lipinski definition) is 10. The molecule has 3 N–H and O–H groups in total. The highest BCUT2D eigenvalue weighted by Crippen LogP contribution is 2.00. The van der Waals surface area contributed by atoms with E-state index < -0.39 is 6.09 Å². The van der Waals surface area contributed by atoms with E-state index in [-0.39, 0.29) is 6.61 Å². The van der Waals surface area contributed by atoms with Gasteiger partial charge in [0.25, 0.3) is 0 Å². The lowest BCUT2D eigenvalue weighted by Crippen LogP contribution is -2.28. The van der Waals surface area contributed by atoms with Crippen molar-refractivity contribution in [2.45, 2.75) is 6.61 Å². The summed E-state index contributed by atoms with van der Waals surface area (Å²) in [4.78, 5) is 11.6. The van der Waals surface area contributed by atoms with Crippen molar-refractivity contribution in [1.82, 2.24) is 5.32 Å². The number of nitrogens with two attached hydrogens (primary N) is 1. The molecule has 0 atom stereocenters. The first kappa shape index (κ1) is 31.2. The van der Waals surface area contributed by atoms with Crippen LogP contribution in [0.3, 0.4) is 0 Å². The number of nitrogens with one attached hydrogen (secondary N) is 1. The van der Waals surface area contributed by atoms with Gasteiger partial charge in [0.05, 0.1) is 92.5 Å². The summed E-state index contributed by atoms with van der Waals surface area (Å²) in [5.74, 6) is 0. The summed E-state index contributed by atoms with van der Waals surface area (Å²) in [6, 6.07) is 9.51. The second-order valence-electron chi connectivity index (χ2n) is 7.06. The van der Waals surface area contributed by atoms with Crippen LogP contribution in [-0.4, -0.2) is 112 Å². The highest BCUT2D eigenvalue weighted by atomic mass is 16.6. The van der Waals surface area contributed by atoms with Crippen LogP contribution in [0.4, 0.5) is 4.79 Å². The Morgan fingerprint density at radius 3 is 1.43 bits per heavy atom. The molecule has 0 aliphatic heterocycles. The van der Waals surface area contributed by atoms with Gasteiger partial charge in [-0.2, -0.15) is 0 Å². The maximum absolute atomic E-state index is 11.6. The average Bonchev–Trinajstić information content (AvgIpc) is 2.88. The van der Waals surface area contributed by atoms with Gasteiger partial charge in [-0.3, -0.25) is 0 Å². The van der Waals surface area contributed by atoms with Gasteiger partial charge in [-0.1, -0.05) is 30.3 Å². The van der Waals surface area contributed by atoms with Crippen molar-refractivity contribution in [3.05, 3.63) is 35.9 Å². The van der Waals surface area contributed by atoms with E-state index in [2.05, 4.69) is 5.32 Å². The van der Waals surface area contributed by atoms with E-state index in [4.69, 9.17) is 43.6 Å². The molecule has 11 nitrogen and oxygen atoms in total. The molecule has 1 amide bonds. The van der Waals surface area contributed by atoms with E-state index in [0.29, 0.717) is 106 Å². The summed E-state index contributed by atoms with van der Waals surface area (Å²) in [6.07, 6.45) is -0.465. The third-order valence-electron chi connectivity index (χ3n) is 4.22. The van der Waals surface area contributed by atoms with Crippen molar-refractivity contribution in [3.8, 4) is 0 Å². The molecule has 0 aromatic heterocycles. The van der Waals surface area contributed by atoms with Crippen molar-refractivity contribution in [2.24, 2.45) is 5.73 Å². The minimum atomic E-state index is -0.465. The van der Waals surface area contributed by atoms with Crippen molar-refractivity contribution in [3.63, 3.8) is 0 Å². The lowest BCUT2D eigenvalue weighted by molar-refractivity contribution is -0.0201. The first-order chi connectivity index (χ1) is 17.3. The molecule has 0 fully saturated rings. The zero-order valence-electron chi connectivity index (χ0n) is 20.7. The Morgan fingerprint density at radius 1 is 0.600 bits per heavy atom. The monoisotopic (exact) mass is 502 g/mol. The van der Waals surface area contributed by atoms with Gasteiger partial charge in [0.2, 0.25) is 0 Å². The number of rotatable bonds is 25. The zero-order valence-corrected chi connectivity index (χ0v) is 20.7. The minimum absolute atomic E-state index is 0.243. The summed E-state index contributed by atoms with van der Waals surface area (Å²) < 4.78 is 42.7. The fraction of sp³-hybridized carbons (Fsp3) is 0.708. The lowest BCUT2D eigenvalue weighted by atomic mass is 10.2. The SMILES string of the molecule is NCCOCCOCCOCCOCCOCCOCCOCCNC(=O)OCc1ccccc1. The molecule has 0 radical (unpaired) electrons. The Balaban J connectivity index is 1.69. The number of carbonyl (C=O) groups excluding carboxylic acids is 1.